The number of carbonyl (C=O) groups is 1. The van der Waals surface area contributed by atoms with Gasteiger partial charge in [0.2, 0.25) is 11.8 Å². The van der Waals surface area contributed by atoms with Gasteiger partial charge in [-0.3, -0.25) is 9.55 Å². The molecule has 8 rings (SSSR count). The van der Waals surface area contributed by atoms with E-state index in [0.29, 0.717) is 54.7 Å². The van der Waals surface area contributed by atoms with Gasteiger partial charge in [-0.25, -0.2) is 9.78 Å². The molecule has 4 aromatic heterocycles. The number of amides is 2. The van der Waals surface area contributed by atoms with Crippen LogP contribution in [0.15, 0.2) is 91.5 Å². The number of hydrogen-bond acceptors (Lipinski definition) is 13. The molecule has 0 spiro atoms. The maximum atomic E-state index is 12.8. The lowest BCUT2D eigenvalue weighted by Gasteiger charge is -2.22. The van der Waals surface area contributed by atoms with Gasteiger partial charge in [-0.1, -0.05) is 65.9 Å². The van der Waals surface area contributed by atoms with Gasteiger partial charge in [-0.15, -0.1) is 10.2 Å². The summed E-state index contributed by atoms with van der Waals surface area (Å²) < 4.78 is 7.68. The summed E-state index contributed by atoms with van der Waals surface area (Å²) in [4.78, 5) is 33.3. The number of H-pyrrole nitrogens is 1. The van der Waals surface area contributed by atoms with Crippen molar-refractivity contribution in [2.24, 2.45) is 0 Å². The number of imidazole rings is 1. The molecular formula is C34H35N13O4. The zero-order valence-electron chi connectivity index (χ0n) is 27.2. The van der Waals surface area contributed by atoms with E-state index in [-0.39, 0.29) is 23.8 Å². The third-order valence-corrected chi connectivity index (χ3v) is 9.14. The van der Waals surface area contributed by atoms with Gasteiger partial charge in [0.1, 0.15) is 12.2 Å². The predicted octanol–water partition coefficient (Wildman–Crippen LogP) is 2.37. The zero-order valence-corrected chi connectivity index (χ0v) is 27.2. The third kappa shape index (κ3) is 6.64. The largest absolute Gasteiger partial charge is 0.387 e. The molecule has 6 heterocycles. The Labute approximate surface area is 291 Å². The Morgan fingerprint density at radius 3 is 2.49 bits per heavy atom. The van der Waals surface area contributed by atoms with Gasteiger partial charge < -0.3 is 35.8 Å². The summed E-state index contributed by atoms with van der Waals surface area (Å²) in [5.41, 5.74) is 3.70. The van der Waals surface area contributed by atoms with Crippen molar-refractivity contribution < 1.29 is 19.7 Å². The number of nitrogens with one attached hydrogen (secondary N) is 4. The summed E-state index contributed by atoms with van der Waals surface area (Å²) in [5.74, 6) is 0.996. The first-order valence-electron chi connectivity index (χ1n) is 16.6. The fourth-order valence-electron chi connectivity index (χ4n) is 6.60. The molecule has 260 valence electrons. The van der Waals surface area contributed by atoms with E-state index >= 15 is 0 Å². The molecule has 17 nitrogen and oxygen atoms in total. The number of aliphatic hydroxyl groups is 2. The van der Waals surface area contributed by atoms with Crippen molar-refractivity contribution >= 4 is 34.6 Å². The molecule has 2 fully saturated rings. The van der Waals surface area contributed by atoms with Crippen molar-refractivity contribution in [3.8, 4) is 0 Å². The first-order chi connectivity index (χ1) is 25.0. The standard InChI is InChI=1S/C34H35N13O4/c48-26-27(49)32(51-28(26)30-42-44-45-43-30)47-19-37-25-29(36-17-24(20-8-3-1-4-9-20)21-10-5-2-6-11-21)40-33(41-31(25)47)46-15-13-23(18-46)39-34(50)38-22-12-7-14-35-16-22/h1-12,14,16,19,23-24,26-28,32,48-49H,13,15,17-18H2,(H,36,40,41)(H2,38,39,50)(H,42,43,44,45)/t23-,26+,27+,28+,32-/m1/s1. The number of anilines is 3. The molecule has 51 heavy (non-hydrogen) atoms. The average molecular weight is 690 g/mol. The molecule has 2 saturated heterocycles. The summed E-state index contributed by atoms with van der Waals surface area (Å²) in [7, 11) is 0. The molecule has 6 N–H and O–H groups in total. The monoisotopic (exact) mass is 689 g/mol. The van der Waals surface area contributed by atoms with Crippen LogP contribution in [0.25, 0.3) is 11.2 Å². The van der Waals surface area contributed by atoms with E-state index in [1.54, 1.807) is 29.1 Å². The number of urea groups is 1. The topological polar surface area (TPSA) is 217 Å². The summed E-state index contributed by atoms with van der Waals surface area (Å²) >= 11 is 0. The molecule has 6 aromatic rings. The summed E-state index contributed by atoms with van der Waals surface area (Å²) in [6, 6.07) is 23.5. The van der Waals surface area contributed by atoms with E-state index in [0.717, 1.165) is 11.1 Å². The van der Waals surface area contributed by atoms with Gasteiger partial charge >= 0.3 is 6.03 Å². The maximum Gasteiger partial charge on any atom is 0.319 e. The number of pyridine rings is 1. The second kappa shape index (κ2) is 14.1. The Morgan fingerprint density at radius 2 is 1.78 bits per heavy atom. The number of aliphatic hydroxyl groups excluding tert-OH is 2. The van der Waals surface area contributed by atoms with Crippen molar-refractivity contribution in [2.45, 2.75) is 42.9 Å². The highest BCUT2D eigenvalue weighted by Crippen LogP contribution is 2.39. The molecule has 0 unspecified atom stereocenters. The molecule has 2 aliphatic heterocycles. The van der Waals surface area contributed by atoms with E-state index in [4.69, 9.17) is 14.7 Å². The highest BCUT2D eigenvalue weighted by Gasteiger charge is 2.47. The van der Waals surface area contributed by atoms with Crippen LogP contribution in [-0.4, -0.2) is 99.3 Å². The second-order valence-corrected chi connectivity index (χ2v) is 12.4. The SMILES string of the molecule is O=C(Nc1cccnc1)N[C@@H]1CCN(c2nc(NCC(c3ccccc3)c3ccccc3)c3ncn([C@@H]4O[C@H](c5nn[nH]n5)[C@@H](O)[C@@H]4O)c3n2)C1. The van der Waals surface area contributed by atoms with Crippen molar-refractivity contribution in [2.75, 3.05) is 35.2 Å². The molecule has 2 aliphatic rings. The normalized spacial score (nSPS) is 21.7. The first-order valence-corrected chi connectivity index (χ1v) is 16.6. The van der Waals surface area contributed by atoms with Crippen molar-refractivity contribution in [3.63, 3.8) is 0 Å². The Bertz CT molecular complexity index is 2030. The second-order valence-electron chi connectivity index (χ2n) is 12.4. The minimum Gasteiger partial charge on any atom is -0.387 e. The number of ether oxygens (including phenoxy) is 1. The predicted molar refractivity (Wildman–Crippen MR) is 185 cm³/mol. The van der Waals surface area contributed by atoms with Gasteiger partial charge in [-0.05, 0) is 29.7 Å². The average Bonchev–Trinajstić information content (AvgIpc) is 3.98. The lowest BCUT2D eigenvalue weighted by Crippen LogP contribution is -2.40. The molecule has 0 saturated carbocycles. The van der Waals surface area contributed by atoms with Crippen LogP contribution in [0.4, 0.5) is 22.2 Å². The van der Waals surface area contributed by atoms with Gasteiger partial charge in [0.25, 0.3) is 0 Å². The Kier molecular flexibility index (Phi) is 8.87. The van der Waals surface area contributed by atoms with E-state index in [1.165, 1.54) is 6.33 Å². The lowest BCUT2D eigenvalue weighted by molar-refractivity contribution is -0.0383. The number of nitrogens with zero attached hydrogens (tertiary/aromatic N) is 9. The van der Waals surface area contributed by atoms with E-state index in [9.17, 15) is 15.0 Å². The Morgan fingerprint density at radius 1 is 1.00 bits per heavy atom. The van der Waals surface area contributed by atoms with Crippen LogP contribution >= 0.6 is 0 Å². The minimum atomic E-state index is -1.35. The first kappa shape index (κ1) is 32.2. The zero-order chi connectivity index (χ0) is 34.7. The fraction of sp³-hybridized carbons (Fsp3) is 0.294. The van der Waals surface area contributed by atoms with Crippen LogP contribution in [0.3, 0.4) is 0 Å². The lowest BCUT2D eigenvalue weighted by atomic mass is 9.91. The maximum absolute atomic E-state index is 12.8. The number of rotatable bonds is 10. The van der Waals surface area contributed by atoms with Crippen LogP contribution < -0.4 is 20.9 Å². The van der Waals surface area contributed by atoms with Crippen LogP contribution in [0.2, 0.25) is 0 Å². The number of carbonyl (C=O) groups excluding carboxylic acids is 1. The molecular weight excluding hydrogens is 654 g/mol. The van der Waals surface area contributed by atoms with Gasteiger partial charge in [0.05, 0.1) is 18.2 Å². The van der Waals surface area contributed by atoms with Crippen molar-refractivity contribution in [1.82, 2.24) is 50.4 Å². The molecule has 5 atom stereocenters. The number of hydrogen-bond donors (Lipinski definition) is 6. The van der Waals surface area contributed by atoms with Crippen LogP contribution in [-0.2, 0) is 4.74 Å². The van der Waals surface area contributed by atoms with Crippen LogP contribution in [0.5, 0.6) is 0 Å². The minimum absolute atomic E-state index is 0.00695. The van der Waals surface area contributed by atoms with E-state index in [1.807, 2.05) is 41.3 Å². The molecule has 0 aliphatic carbocycles. The highest BCUT2D eigenvalue weighted by molar-refractivity contribution is 5.89. The molecule has 2 aromatic carbocycles. The highest BCUT2D eigenvalue weighted by atomic mass is 16.6. The molecule has 17 heteroatoms. The number of aromatic amines is 1. The fourth-order valence-corrected chi connectivity index (χ4v) is 6.60. The van der Waals surface area contributed by atoms with Crippen LogP contribution in [0, 0.1) is 0 Å². The summed E-state index contributed by atoms with van der Waals surface area (Å²) in [6.07, 6.45) is 0.630. The Balaban J connectivity index is 1.10. The van der Waals surface area contributed by atoms with Crippen LogP contribution in [0.1, 0.15) is 41.6 Å². The number of benzene rings is 2. The van der Waals surface area contributed by atoms with Gasteiger partial charge in [0.15, 0.2) is 29.3 Å². The number of aromatic nitrogens is 9. The molecule has 0 bridgehead atoms. The number of tetrazole rings is 1. The quantitative estimate of drug-likeness (QED) is 0.122. The van der Waals surface area contributed by atoms with Gasteiger partial charge in [0, 0.05) is 37.8 Å². The van der Waals surface area contributed by atoms with E-state index in [2.05, 4.69) is 70.8 Å². The molecule has 0 radical (unpaired) electrons. The molecule has 2 amide bonds. The summed E-state index contributed by atoms with van der Waals surface area (Å²) in [6.45, 7) is 1.53. The number of fused-ring (bicyclic) bond motifs is 1. The van der Waals surface area contributed by atoms with Gasteiger partial charge in [-0.2, -0.15) is 15.2 Å². The van der Waals surface area contributed by atoms with Crippen molar-refractivity contribution in [1.29, 1.82) is 0 Å². The smallest absolute Gasteiger partial charge is 0.319 e. The third-order valence-electron chi connectivity index (χ3n) is 9.14. The van der Waals surface area contributed by atoms with Crippen molar-refractivity contribution in [3.05, 3.63) is 108 Å². The Hall–Kier alpha value is -6.04. The summed E-state index contributed by atoms with van der Waals surface area (Å²) in [5, 5.41) is 45.2. The van der Waals surface area contributed by atoms with E-state index < -0.39 is 24.5 Å².